The molecule has 0 saturated heterocycles. The largest absolute Gasteiger partial charge is 0.305 e. The average molecular weight is 285 g/mol. The summed E-state index contributed by atoms with van der Waals surface area (Å²) < 4.78 is 12.7. The molecule has 0 fully saturated rings. The van der Waals surface area contributed by atoms with Crippen LogP contribution in [-0.4, -0.2) is 10.9 Å². The van der Waals surface area contributed by atoms with Crippen LogP contribution in [0.1, 0.15) is 10.4 Å². The normalized spacial score (nSPS) is 10.2. The van der Waals surface area contributed by atoms with Crippen LogP contribution in [-0.2, 0) is 0 Å². The fourth-order valence-electron chi connectivity index (χ4n) is 1.29. The number of halogens is 3. The number of rotatable bonds is 2. The third kappa shape index (κ3) is 2.97. The number of carbonyl (C=O) groups is 1. The first-order valence-electron chi connectivity index (χ1n) is 4.94. The lowest BCUT2D eigenvalue weighted by atomic mass is 10.2. The van der Waals surface area contributed by atoms with Crippen LogP contribution >= 0.6 is 23.2 Å². The minimum atomic E-state index is -0.424. The third-order valence-electron chi connectivity index (χ3n) is 2.15. The number of carbonyl (C=O) groups excluding carboxylic acids is 1. The summed E-state index contributed by atoms with van der Waals surface area (Å²) >= 11 is 11.6. The number of nitrogens with zero attached hydrogens (tertiary/aromatic N) is 1. The van der Waals surface area contributed by atoms with Crippen molar-refractivity contribution in [2.45, 2.75) is 0 Å². The maximum atomic E-state index is 12.7. The van der Waals surface area contributed by atoms with E-state index in [1.54, 1.807) is 0 Å². The first kappa shape index (κ1) is 12.8. The molecule has 0 aliphatic carbocycles. The molecular weight excluding hydrogens is 278 g/mol. The molecule has 1 heterocycles. The number of amides is 1. The van der Waals surface area contributed by atoms with Gasteiger partial charge in [-0.15, -0.1) is 0 Å². The van der Waals surface area contributed by atoms with E-state index in [4.69, 9.17) is 23.2 Å². The van der Waals surface area contributed by atoms with Crippen molar-refractivity contribution in [3.8, 4) is 0 Å². The average Bonchev–Trinajstić information content (AvgIpc) is 2.33. The van der Waals surface area contributed by atoms with E-state index >= 15 is 0 Å². The van der Waals surface area contributed by atoms with Crippen molar-refractivity contribution in [1.82, 2.24) is 4.98 Å². The van der Waals surface area contributed by atoms with Gasteiger partial charge in [0.15, 0.2) is 5.82 Å². The van der Waals surface area contributed by atoms with Gasteiger partial charge in [-0.2, -0.15) is 0 Å². The van der Waals surface area contributed by atoms with Gasteiger partial charge in [-0.25, -0.2) is 9.37 Å². The van der Waals surface area contributed by atoms with E-state index in [-0.39, 0.29) is 10.8 Å². The van der Waals surface area contributed by atoms with E-state index in [1.807, 2.05) is 0 Å². The van der Waals surface area contributed by atoms with E-state index in [0.717, 1.165) is 0 Å². The molecule has 1 amide bonds. The van der Waals surface area contributed by atoms with Gasteiger partial charge in [0.05, 0.1) is 10.0 Å². The van der Waals surface area contributed by atoms with Gasteiger partial charge in [0.2, 0.25) is 0 Å². The molecule has 0 saturated carbocycles. The van der Waals surface area contributed by atoms with Gasteiger partial charge in [0.1, 0.15) is 5.82 Å². The topological polar surface area (TPSA) is 42.0 Å². The van der Waals surface area contributed by atoms with E-state index in [0.29, 0.717) is 10.6 Å². The van der Waals surface area contributed by atoms with Crippen molar-refractivity contribution in [1.29, 1.82) is 0 Å². The van der Waals surface area contributed by atoms with Gasteiger partial charge in [-0.3, -0.25) is 4.79 Å². The molecule has 0 radical (unpaired) electrons. The molecule has 0 atom stereocenters. The highest BCUT2D eigenvalue weighted by Crippen LogP contribution is 2.22. The Hall–Kier alpha value is -1.65. The Morgan fingerprint density at radius 2 is 1.89 bits per heavy atom. The second-order valence-corrected chi connectivity index (χ2v) is 4.29. The molecular formula is C12H7Cl2FN2O. The van der Waals surface area contributed by atoms with Crippen LogP contribution in [0.2, 0.25) is 10.0 Å². The summed E-state index contributed by atoms with van der Waals surface area (Å²) in [5, 5.41) is 3.12. The van der Waals surface area contributed by atoms with E-state index in [2.05, 4.69) is 10.3 Å². The molecule has 2 rings (SSSR count). The lowest BCUT2D eigenvalue weighted by Gasteiger charge is -2.06. The van der Waals surface area contributed by atoms with E-state index < -0.39 is 11.7 Å². The summed E-state index contributed by atoms with van der Waals surface area (Å²) in [7, 11) is 0. The van der Waals surface area contributed by atoms with Crippen LogP contribution in [0, 0.1) is 5.82 Å². The van der Waals surface area contributed by atoms with Crippen LogP contribution < -0.4 is 5.32 Å². The number of aromatic nitrogens is 1. The Morgan fingerprint density at radius 3 is 2.50 bits per heavy atom. The minimum absolute atomic E-state index is 0.204. The van der Waals surface area contributed by atoms with Crippen LogP contribution in [0.15, 0.2) is 36.5 Å². The lowest BCUT2D eigenvalue weighted by molar-refractivity contribution is 0.102. The maximum Gasteiger partial charge on any atom is 0.256 e. The van der Waals surface area contributed by atoms with Gasteiger partial charge in [-0.05, 0) is 30.3 Å². The van der Waals surface area contributed by atoms with Crippen LogP contribution in [0.5, 0.6) is 0 Å². The molecule has 0 aliphatic heterocycles. The summed E-state index contributed by atoms with van der Waals surface area (Å²) in [6.45, 7) is 0. The summed E-state index contributed by atoms with van der Waals surface area (Å²) in [6, 6.07) is 6.61. The van der Waals surface area contributed by atoms with Gasteiger partial charge >= 0.3 is 0 Å². The van der Waals surface area contributed by atoms with Gasteiger partial charge in [0.25, 0.3) is 5.91 Å². The molecule has 0 aliphatic rings. The number of hydrogen-bond donors (Lipinski definition) is 1. The Morgan fingerprint density at radius 1 is 1.22 bits per heavy atom. The Balaban J connectivity index is 2.18. The molecule has 3 nitrogen and oxygen atoms in total. The highest BCUT2D eigenvalue weighted by Gasteiger charge is 2.09. The van der Waals surface area contributed by atoms with Gasteiger partial charge < -0.3 is 5.32 Å². The summed E-state index contributed by atoms with van der Waals surface area (Å²) in [4.78, 5) is 15.7. The zero-order valence-corrected chi connectivity index (χ0v) is 10.5. The van der Waals surface area contributed by atoms with Crippen molar-refractivity contribution in [2.75, 3.05) is 5.32 Å². The monoisotopic (exact) mass is 284 g/mol. The zero-order valence-electron chi connectivity index (χ0n) is 8.95. The smallest absolute Gasteiger partial charge is 0.256 e. The van der Waals surface area contributed by atoms with E-state index in [1.165, 1.54) is 36.5 Å². The van der Waals surface area contributed by atoms with Crippen LogP contribution in [0.25, 0.3) is 0 Å². The molecule has 0 unspecified atom stereocenters. The van der Waals surface area contributed by atoms with E-state index in [9.17, 15) is 9.18 Å². The molecule has 1 aromatic carbocycles. The number of benzene rings is 1. The lowest BCUT2D eigenvalue weighted by Crippen LogP contribution is -2.13. The van der Waals surface area contributed by atoms with Crippen molar-refractivity contribution >= 4 is 34.9 Å². The van der Waals surface area contributed by atoms with Gasteiger partial charge in [-0.1, -0.05) is 23.2 Å². The van der Waals surface area contributed by atoms with Crippen LogP contribution in [0.4, 0.5) is 10.2 Å². The molecule has 2 aromatic rings. The van der Waals surface area contributed by atoms with Crippen molar-refractivity contribution < 1.29 is 9.18 Å². The maximum absolute atomic E-state index is 12.7. The fourth-order valence-corrected chi connectivity index (χ4v) is 1.71. The first-order valence-corrected chi connectivity index (χ1v) is 5.70. The third-order valence-corrected chi connectivity index (χ3v) is 2.64. The van der Waals surface area contributed by atoms with Crippen molar-refractivity contribution in [3.05, 3.63) is 58.0 Å². The second kappa shape index (κ2) is 5.33. The standard InChI is InChI=1S/C12H7Cl2FN2O/c13-8-5-10(14)11(16-6-8)17-12(18)7-1-3-9(15)4-2-7/h1-6H,(H,16,17,18). The second-order valence-electron chi connectivity index (χ2n) is 3.44. The summed E-state index contributed by atoms with van der Waals surface area (Å²) in [6.07, 6.45) is 1.37. The molecule has 92 valence electrons. The summed E-state index contributed by atoms with van der Waals surface area (Å²) in [5.41, 5.74) is 0.309. The number of hydrogen-bond acceptors (Lipinski definition) is 2. The molecule has 1 N–H and O–H groups in total. The zero-order chi connectivity index (χ0) is 13.1. The molecule has 0 bridgehead atoms. The fraction of sp³-hybridized carbons (Fsp3) is 0. The highest BCUT2D eigenvalue weighted by molar-refractivity contribution is 6.36. The van der Waals surface area contributed by atoms with Crippen molar-refractivity contribution in [2.24, 2.45) is 0 Å². The van der Waals surface area contributed by atoms with Crippen LogP contribution in [0.3, 0.4) is 0 Å². The Kier molecular flexibility index (Phi) is 3.79. The number of pyridine rings is 1. The quantitative estimate of drug-likeness (QED) is 0.912. The first-order chi connectivity index (χ1) is 8.56. The minimum Gasteiger partial charge on any atom is -0.305 e. The Labute approximate surface area is 113 Å². The predicted octanol–water partition coefficient (Wildman–Crippen LogP) is 3.78. The Bertz CT molecular complexity index is 587. The molecule has 0 spiro atoms. The summed E-state index contributed by atoms with van der Waals surface area (Å²) in [5.74, 6) is -0.628. The highest BCUT2D eigenvalue weighted by atomic mass is 35.5. The number of anilines is 1. The number of nitrogens with one attached hydrogen (secondary N) is 1. The SMILES string of the molecule is O=C(Nc1ncc(Cl)cc1Cl)c1ccc(F)cc1. The molecule has 1 aromatic heterocycles. The predicted molar refractivity (Wildman–Crippen MR) is 68.6 cm³/mol. The van der Waals surface area contributed by atoms with Crippen molar-refractivity contribution in [3.63, 3.8) is 0 Å². The molecule has 18 heavy (non-hydrogen) atoms. The molecule has 6 heteroatoms. The van der Waals surface area contributed by atoms with Gasteiger partial charge in [0, 0.05) is 11.8 Å².